The molecule has 0 aromatic carbocycles. The third-order valence-electron chi connectivity index (χ3n) is 3.48. The maximum Gasteiger partial charge on any atom is 0.238 e. The Balaban J connectivity index is 1.88. The smallest absolute Gasteiger partial charge is 0.238 e. The predicted molar refractivity (Wildman–Crippen MR) is 79.2 cm³/mol. The zero-order valence-corrected chi connectivity index (χ0v) is 13.6. The normalized spacial score (nSPS) is 12.6. The minimum atomic E-state index is -0.308. The van der Waals surface area contributed by atoms with Crippen LogP contribution in [-0.2, 0) is 11.2 Å². The molecule has 1 atom stereocenters. The first-order chi connectivity index (χ1) is 10.4. The monoisotopic (exact) mass is 306 g/mol. The van der Waals surface area contributed by atoms with Crippen LogP contribution in [0, 0.1) is 13.8 Å². The Labute approximate surface area is 129 Å². The van der Waals surface area contributed by atoms with Gasteiger partial charge in [-0.1, -0.05) is 19.0 Å². The van der Waals surface area contributed by atoms with Crippen LogP contribution in [0.1, 0.15) is 68.0 Å². The summed E-state index contributed by atoms with van der Waals surface area (Å²) in [6, 6.07) is -0.308. The quantitative estimate of drug-likeness (QED) is 0.881. The van der Waals surface area contributed by atoms with Gasteiger partial charge in [-0.25, -0.2) is 0 Å². The third-order valence-corrected chi connectivity index (χ3v) is 3.48. The first-order valence-electron chi connectivity index (χ1n) is 7.43. The van der Waals surface area contributed by atoms with Crippen LogP contribution in [0.2, 0.25) is 0 Å². The van der Waals surface area contributed by atoms with Gasteiger partial charge in [0.1, 0.15) is 11.8 Å². The summed E-state index contributed by atoms with van der Waals surface area (Å²) >= 11 is 0. The van der Waals surface area contributed by atoms with Crippen molar-refractivity contribution in [2.24, 2.45) is 0 Å². The van der Waals surface area contributed by atoms with Gasteiger partial charge in [0.05, 0.1) is 5.69 Å². The first-order valence-corrected chi connectivity index (χ1v) is 7.43. The average Bonchev–Trinajstić information content (AvgIpc) is 3.05. The Bertz CT molecular complexity index is 626. The van der Waals surface area contributed by atoms with E-state index in [1.807, 2.05) is 34.6 Å². The predicted octanol–water partition coefficient (Wildman–Crippen LogP) is 2.61. The Kier molecular flexibility index (Phi) is 4.95. The number of nitrogens with one attached hydrogen (secondary N) is 1. The molecule has 0 aliphatic carbocycles. The summed E-state index contributed by atoms with van der Waals surface area (Å²) < 4.78 is 10.6. The molecule has 0 saturated heterocycles. The Hall–Kier alpha value is -2.18. The highest BCUT2D eigenvalue weighted by molar-refractivity contribution is 5.76. The second kappa shape index (κ2) is 6.72. The number of carbonyl (C=O) groups is 1. The molecule has 0 radical (unpaired) electrons. The summed E-state index contributed by atoms with van der Waals surface area (Å²) in [5, 5.41) is 14.7. The average molecular weight is 306 g/mol. The summed E-state index contributed by atoms with van der Waals surface area (Å²) in [5.41, 5.74) is 1.82. The molecule has 0 spiro atoms. The van der Waals surface area contributed by atoms with E-state index in [0.717, 1.165) is 17.0 Å². The van der Waals surface area contributed by atoms with E-state index >= 15 is 0 Å². The molecule has 0 fully saturated rings. The van der Waals surface area contributed by atoms with Crippen molar-refractivity contribution >= 4 is 5.91 Å². The maximum atomic E-state index is 12.0. The van der Waals surface area contributed by atoms with Crippen molar-refractivity contribution in [2.75, 3.05) is 0 Å². The number of nitrogens with zero attached hydrogens (tertiary/aromatic N) is 3. The molecule has 0 saturated carbocycles. The van der Waals surface area contributed by atoms with E-state index in [1.54, 1.807) is 0 Å². The van der Waals surface area contributed by atoms with E-state index in [-0.39, 0.29) is 17.9 Å². The fourth-order valence-corrected chi connectivity index (χ4v) is 2.13. The van der Waals surface area contributed by atoms with E-state index in [1.165, 1.54) is 0 Å². The summed E-state index contributed by atoms with van der Waals surface area (Å²) in [4.78, 5) is 12.0. The molecule has 0 bridgehead atoms. The topological polar surface area (TPSA) is 94.1 Å². The zero-order valence-electron chi connectivity index (χ0n) is 13.6. The SMILES string of the molecule is Cc1noc(C)c1CCC(=O)N[C@H](C)c1nnc(C(C)C)o1. The number of aryl methyl sites for hydroxylation is 2. The van der Waals surface area contributed by atoms with Gasteiger partial charge in [-0.05, 0) is 27.2 Å². The second-order valence-corrected chi connectivity index (χ2v) is 5.73. The van der Waals surface area contributed by atoms with Crippen molar-refractivity contribution in [2.45, 2.75) is 59.4 Å². The van der Waals surface area contributed by atoms with Gasteiger partial charge in [0, 0.05) is 17.9 Å². The molecule has 2 rings (SSSR count). The Morgan fingerprint density at radius 2 is 1.86 bits per heavy atom. The fourth-order valence-electron chi connectivity index (χ4n) is 2.13. The number of carbonyl (C=O) groups excluding carboxylic acids is 1. The molecular weight excluding hydrogens is 284 g/mol. The Morgan fingerprint density at radius 1 is 1.18 bits per heavy atom. The number of hydrogen-bond donors (Lipinski definition) is 1. The molecule has 7 nitrogen and oxygen atoms in total. The van der Waals surface area contributed by atoms with E-state index in [9.17, 15) is 4.79 Å². The molecule has 120 valence electrons. The van der Waals surface area contributed by atoms with Crippen molar-refractivity contribution < 1.29 is 13.7 Å². The number of rotatable bonds is 6. The molecule has 7 heteroatoms. The van der Waals surface area contributed by atoms with Crippen LogP contribution >= 0.6 is 0 Å². The number of hydrogen-bond acceptors (Lipinski definition) is 6. The molecule has 2 aromatic heterocycles. The summed E-state index contributed by atoms with van der Waals surface area (Å²) in [6.07, 6.45) is 0.958. The fraction of sp³-hybridized carbons (Fsp3) is 0.600. The largest absolute Gasteiger partial charge is 0.423 e. The lowest BCUT2D eigenvalue weighted by Crippen LogP contribution is -2.27. The van der Waals surface area contributed by atoms with Gasteiger partial charge in [0.15, 0.2) is 0 Å². The van der Waals surface area contributed by atoms with Crippen molar-refractivity contribution in [1.82, 2.24) is 20.7 Å². The first kappa shape index (κ1) is 16.2. The molecule has 1 N–H and O–H groups in total. The van der Waals surface area contributed by atoms with Gasteiger partial charge in [-0.3, -0.25) is 4.79 Å². The van der Waals surface area contributed by atoms with Gasteiger partial charge in [-0.15, -0.1) is 10.2 Å². The van der Waals surface area contributed by atoms with Gasteiger partial charge in [0.2, 0.25) is 17.7 Å². The van der Waals surface area contributed by atoms with Crippen molar-refractivity contribution in [1.29, 1.82) is 0 Å². The van der Waals surface area contributed by atoms with Crippen molar-refractivity contribution in [3.05, 3.63) is 28.8 Å². The van der Waals surface area contributed by atoms with Crippen LogP contribution in [0.15, 0.2) is 8.94 Å². The molecule has 0 aliphatic rings. The van der Waals surface area contributed by atoms with Crippen LogP contribution in [0.4, 0.5) is 0 Å². The van der Waals surface area contributed by atoms with Crippen LogP contribution in [0.5, 0.6) is 0 Å². The second-order valence-electron chi connectivity index (χ2n) is 5.73. The van der Waals surface area contributed by atoms with Gasteiger partial charge < -0.3 is 14.3 Å². The lowest BCUT2D eigenvalue weighted by molar-refractivity contribution is -0.121. The summed E-state index contributed by atoms with van der Waals surface area (Å²) in [7, 11) is 0. The van der Waals surface area contributed by atoms with Gasteiger partial charge >= 0.3 is 0 Å². The van der Waals surface area contributed by atoms with Crippen LogP contribution in [0.25, 0.3) is 0 Å². The highest BCUT2D eigenvalue weighted by Crippen LogP contribution is 2.17. The van der Waals surface area contributed by atoms with Crippen LogP contribution in [-0.4, -0.2) is 21.3 Å². The van der Waals surface area contributed by atoms with Crippen molar-refractivity contribution in [3.8, 4) is 0 Å². The lowest BCUT2D eigenvalue weighted by Gasteiger charge is -2.09. The maximum absolute atomic E-state index is 12.0. The minimum Gasteiger partial charge on any atom is -0.423 e. The molecular formula is C15H22N4O3. The summed E-state index contributed by atoms with van der Waals surface area (Å²) in [6.45, 7) is 9.50. The van der Waals surface area contributed by atoms with E-state index in [4.69, 9.17) is 8.94 Å². The molecule has 2 heterocycles. The van der Waals surface area contributed by atoms with Crippen molar-refractivity contribution in [3.63, 3.8) is 0 Å². The highest BCUT2D eigenvalue weighted by Gasteiger charge is 2.18. The molecule has 0 aliphatic heterocycles. The molecule has 22 heavy (non-hydrogen) atoms. The third kappa shape index (κ3) is 3.72. The number of aromatic nitrogens is 3. The van der Waals surface area contributed by atoms with E-state index < -0.39 is 0 Å². The summed E-state index contributed by atoms with van der Waals surface area (Å²) in [5.74, 6) is 1.86. The van der Waals surface area contributed by atoms with Gasteiger partial charge in [-0.2, -0.15) is 0 Å². The molecule has 2 aromatic rings. The van der Waals surface area contributed by atoms with E-state index in [0.29, 0.717) is 24.6 Å². The minimum absolute atomic E-state index is 0.0724. The van der Waals surface area contributed by atoms with Crippen LogP contribution in [0.3, 0.4) is 0 Å². The molecule has 1 amide bonds. The highest BCUT2D eigenvalue weighted by atomic mass is 16.5. The number of amides is 1. The van der Waals surface area contributed by atoms with Gasteiger partial charge in [0.25, 0.3) is 0 Å². The zero-order chi connectivity index (χ0) is 16.3. The van der Waals surface area contributed by atoms with Crippen LogP contribution < -0.4 is 5.32 Å². The van der Waals surface area contributed by atoms with E-state index in [2.05, 4.69) is 20.7 Å². The standard InChI is InChI=1S/C15H22N4O3/c1-8(2)14-17-18-15(21-14)10(4)16-13(20)7-6-12-9(3)19-22-11(12)5/h8,10H,6-7H2,1-5H3,(H,16,20)/t10-/m1/s1. The lowest BCUT2D eigenvalue weighted by atomic mass is 10.1. The Morgan fingerprint density at radius 3 is 2.41 bits per heavy atom. The molecule has 0 unspecified atom stereocenters.